The van der Waals surface area contributed by atoms with Crippen LogP contribution in [0.2, 0.25) is 0 Å². The second-order valence-electron chi connectivity index (χ2n) is 5.67. The van der Waals surface area contributed by atoms with Crippen molar-refractivity contribution in [2.75, 3.05) is 11.4 Å². The molecule has 0 radical (unpaired) electrons. The first-order valence-corrected chi connectivity index (χ1v) is 6.88. The van der Waals surface area contributed by atoms with Gasteiger partial charge in [-0.05, 0) is 56.2 Å². The van der Waals surface area contributed by atoms with Gasteiger partial charge in [0.2, 0.25) is 0 Å². The van der Waals surface area contributed by atoms with Gasteiger partial charge in [-0.3, -0.25) is 0 Å². The number of benzene rings is 1. The van der Waals surface area contributed by atoms with Gasteiger partial charge < -0.3 is 10.6 Å². The minimum atomic E-state index is 0.256. The molecule has 1 aromatic rings. The van der Waals surface area contributed by atoms with Crippen LogP contribution < -0.4 is 10.6 Å². The van der Waals surface area contributed by atoms with Gasteiger partial charge in [-0.1, -0.05) is 12.1 Å². The monoisotopic (exact) mass is 230 g/mol. The first-order chi connectivity index (χ1) is 8.24. The van der Waals surface area contributed by atoms with E-state index < -0.39 is 0 Å². The molecule has 0 aromatic heterocycles. The van der Waals surface area contributed by atoms with Gasteiger partial charge in [0.15, 0.2) is 0 Å². The van der Waals surface area contributed by atoms with Gasteiger partial charge in [-0.2, -0.15) is 0 Å². The van der Waals surface area contributed by atoms with Gasteiger partial charge in [-0.15, -0.1) is 0 Å². The summed E-state index contributed by atoms with van der Waals surface area (Å²) in [6.07, 6.45) is 6.40. The number of anilines is 1. The molecule has 2 nitrogen and oxygen atoms in total. The summed E-state index contributed by atoms with van der Waals surface area (Å²) in [6, 6.07) is 8.02. The summed E-state index contributed by atoms with van der Waals surface area (Å²) in [4.78, 5) is 2.63. The molecule has 0 spiro atoms. The van der Waals surface area contributed by atoms with Crippen LogP contribution in [0.15, 0.2) is 18.2 Å². The van der Waals surface area contributed by atoms with Crippen LogP contribution in [-0.4, -0.2) is 18.6 Å². The zero-order valence-corrected chi connectivity index (χ0v) is 10.7. The summed E-state index contributed by atoms with van der Waals surface area (Å²) in [6.45, 7) is 3.30. The first-order valence-electron chi connectivity index (χ1n) is 6.88. The summed E-state index contributed by atoms with van der Waals surface area (Å²) < 4.78 is 0. The number of hydrogen-bond donors (Lipinski definition) is 1. The topological polar surface area (TPSA) is 29.3 Å². The van der Waals surface area contributed by atoms with Crippen molar-refractivity contribution in [1.29, 1.82) is 0 Å². The fourth-order valence-electron chi connectivity index (χ4n) is 3.03. The van der Waals surface area contributed by atoms with Crippen LogP contribution in [0.5, 0.6) is 0 Å². The lowest BCUT2D eigenvalue weighted by Crippen LogP contribution is -2.38. The number of hydrogen-bond acceptors (Lipinski definition) is 2. The van der Waals surface area contributed by atoms with E-state index in [4.69, 9.17) is 5.73 Å². The highest BCUT2D eigenvalue weighted by atomic mass is 15.2. The summed E-state index contributed by atoms with van der Waals surface area (Å²) >= 11 is 0. The second kappa shape index (κ2) is 4.34. The molecule has 0 saturated heterocycles. The van der Waals surface area contributed by atoms with E-state index in [9.17, 15) is 0 Å². The van der Waals surface area contributed by atoms with Gasteiger partial charge in [0, 0.05) is 24.3 Å². The van der Waals surface area contributed by atoms with Crippen molar-refractivity contribution in [3.63, 3.8) is 0 Å². The highest BCUT2D eigenvalue weighted by Crippen LogP contribution is 2.36. The van der Waals surface area contributed by atoms with Gasteiger partial charge in [-0.25, -0.2) is 0 Å². The van der Waals surface area contributed by atoms with Crippen molar-refractivity contribution in [3.8, 4) is 0 Å². The number of fused-ring (bicyclic) bond motifs is 1. The fourth-order valence-corrected chi connectivity index (χ4v) is 3.03. The van der Waals surface area contributed by atoms with Gasteiger partial charge in [0.05, 0.1) is 0 Å². The Hall–Kier alpha value is -1.02. The van der Waals surface area contributed by atoms with Crippen molar-refractivity contribution in [3.05, 3.63) is 29.3 Å². The summed E-state index contributed by atoms with van der Waals surface area (Å²) in [5, 5.41) is 0. The lowest BCUT2D eigenvalue weighted by molar-refractivity contribution is 0.392. The maximum absolute atomic E-state index is 5.89. The highest BCUT2D eigenvalue weighted by Gasteiger charge is 2.29. The van der Waals surface area contributed by atoms with Crippen LogP contribution in [0, 0.1) is 0 Å². The van der Waals surface area contributed by atoms with E-state index in [-0.39, 0.29) is 6.04 Å². The Kier molecular flexibility index (Phi) is 2.83. The van der Waals surface area contributed by atoms with Gasteiger partial charge in [0.1, 0.15) is 0 Å². The second-order valence-corrected chi connectivity index (χ2v) is 5.67. The van der Waals surface area contributed by atoms with Crippen LogP contribution in [0.3, 0.4) is 0 Å². The smallest absolute Gasteiger partial charge is 0.0404 e. The quantitative estimate of drug-likeness (QED) is 0.864. The average Bonchev–Trinajstić information content (AvgIpc) is 2.58. The summed E-state index contributed by atoms with van der Waals surface area (Å²) in [5.74, 6) is 0. The van der Waals surface area contributed by atoms with Crippen LogP contribution in [0.25, 0.3) is 0 Å². The zero-order valence-electron chi connectivity index (χ0n) is 10.7. The van der Waals surface area contributed by atoms with E-state index in [1.807, 2.05) is 0 Å². The normalized spacial score (nSPS) is 21.2. The van der Waals surface area contributed by atoms with Crippen molar-refractivity contribution >= 4 is 5.69 Å². The van der Waals surface area contributed by atoms with Crippen LogP contribution in [0.1, 0.15) is 37.3 Å². The van der Waals surface area contributed by atoms with Crippen LogP contribution in [0.4, 0.5) is 5.69 Å². The Bertz CT molecular complexity index is 407. The molecule has 2 N–H and O–H groups in total. The first kappa shape index (κ1) is 11.1. The van der Waals surface area contributed by atoms with Crippen molar-refractivity contribution in [2.24, 2.45) is 5.73 Å². The molecular weight excluding hydrogens is 208 g/mol. The summed E-state index contributed by atoms with van der Waals surface area (Å²) in [7, 11) is 0. The van der Waals surface area contributed by atoms with E-state index >= 15 is 0 Å². The Labute approximate surface area is 104 Å². The Balaban J connectivity index is 1.84. The number of nitrogens with zero attached hydrogens (tertiary/aromatic N) is 1. The highest BCUT2D eigenvalue weighted by molar-refractivity contribution is 5.60. The molecule has 1 aromatic carbocycles. The predicted octanol–water partition coefficient (Wildman–Crippen LogP) is 2.49. The molecule has 0 bridgehead atoms. The van der Waals surface area contributed by atoms with Crippen molar-refractivity contribution < 1.29 is 0 Å². The van der Waals surface area contributed by atoms with Gasteiger partial charge >= 0.3 is 0 Å². The standard InChI is InChI=1S/C15H22N2/c1-11(16)9-12-5-6-13-7-8-17(15(13)10-12)14-3-2-4-14/h5-6,10-11,14H,2-4,7-9,16H2,1H3. The lowest BCUT2D eigenvalue weighted by Gasteiger charge is -2.36. The minimum absolute atomic E-state index is 0.256. The predicted molar refractivity (Wildman–Crippen MR) is 72.5 cm³/mol. The Morgan fingerprint density at radius 3 is 2.88 bits per heavy atom. The molecule has 1 unspecified atom stereocenters. The molecule has 1 aliphatic heterocycles. The van der Waals surface area contributed by atoms with E-state index in [2.05, 4.69) is 30.0 Å². The fraction of sp³-hybridized carbons (Fsp3) is 0.600. The number of rotatable bonds is 3. The van der Waals surface area contributed by atoms with Crippen LogP contribution >= 0.6 is 0 Å². The third kappa shape index (κ3) is 2.06. The third-order valence-electron chi connectivity index (χ3n) is 4.15. The molecule has 92 valence electrons. The molecule has 1 atom stereocenters. The van der Waals surface area contributed by atoms with Gasteiger partial charge in [0.25, 0.3) is 0 Å². The average molecular weight is 230 g/mol. The maximum atomic E-state index is 5.89. The molecule has 0 amide bonds. The molecular formula is C15H22N2. The SMILES string of the molecule is CC(N)Cc1ccc2c(c1)N(C1CCC1)CC2. The largest absolute Gasteiger partial charge is 0.368 e. The van der Waals surface area contributed by atoms with E-state index in [0.717, 1.165) is 12.5 Å². The Morgan fingerprint density at radius 2 is 2.24 bits per heavy atom. The molecule has 3 rings (SSSR count). The molecule has 17 heavy (non-hydrogen) atoms. The van der Waals surface area contributed by atoms with E-state index in [1.54, 1.807) is 0 Å². The molecule has 2 heteroatoms. The van der Waals surface area contributed by atoms with E-state index in [1.165, 1.54) is 49.0 Å². The van der Waals surface area contributed by atoms with Crippen LogP contribution in [-0.2, 0) is 12.8 Å². The molecule has 1 aliphatic carbocycles. The molecule has 1 fully saturated rings. The van der Waals surface area contributed by atoms with Crippen molar-refractivity contribution in [2.45, 2.75) is 51.1 Å². The zero-order chi connectivity index (χ0) is 11.8. The lowest BCUT2D eigenvalue weighted by atomic mass is 9.91. The Morgan fingerprint density at radius 1 is 1.41 bits per heavy atom. The number of nitrogens with two attached hydrogens (primary N) is 1. The van der Waals surface area contributed by atoms with E-state index in [0.29, 0.717) is 0 Å². The molecule has 2 aliphatic rings. The summed E-state index contributed by atoms with van der Waals surface area (Å²) in [5.41, 5.74) is 10.3. The third-order valence-corrected chi connectivity index (χ3v) is 4.15. The molecule has 1 heterocycles. The minimum Gasteiger partial charge on any atom is -0.368 e. The van der Waals surface area contributed by atoms with Crippen molar-refractivity contribution in [1.82, 2.24) is 0 Å². The molecule has 1 saturated carbocycles. The maximum Gasteiger partial charge on any atom is 0.0404 e.